The molecule has 0 radical (unpaired) electrons. The van der Waals surface area contributed by atoms with Gasteiger partial charge >= 0.3 is 0 Å². The van der Waals surface area contributed by atoms with Crippen LogP contribution in [0.1, 0.15) is 17.3 Å². The first-order valence-electron chi connectivity index (χ1n) is 9.44. The molecule has 0 saturated heterocycles. The highest BCUT2D eigenvalue weighted by Crippen LogP contribution is 2.26. The number of benzene rings is 3. The number of methoxy groups -OCH3 is 1. The fraction of sp³-hybridized carbons (Fsp3) is 0.130. The van der Waals surface area contributed by atoms with Crippen molar-refractivity contribution in [2.45, 2.75) is 13.0 Å². The maximum Gasteiger partial charge on any atom is 0.255 e. The van der Waals surface area contributed by atoms with E-state index in [-0.39, 0.29) is 11.8 Å². The number of para-hydroxylation sites is 2. The number of halogens is 2. The molecule has 0 bridgehead atoms. The summed E-state index contributed by atoms with van der Waals surface area (Å²) in [5, 5.41) is 9.53. The standard InChI is InChI=1S/C23H21Cl2N3O3/c1-14(22(29)28-20-13-16(24)9-12-18(20)25)26-17-10-7-15(8-11-17)23(30)27-19-5-3-4-6-21(19)31-2/h3-14,26H,1-2H3,(H,27,30)(H,28,29). The van der Waals surface area contributed by atoms with Crippen LogP contribution in [0.25, 0.3) is 0 Å². The molecule has 0 spiro atoms. The van der Waals surface area contributed by atoms with Gasteiger partial charge in [0.05, 0.1) is 23.5 Å². The molecule has 0 aliphatic carbocycles. The van der Waals surface area contributed by atoms with Gasteiger partial charge in [-0.15, -0.1) is 0 Å². The van der Waals surface area contributed by atoms with Gasteiger partial charge in [-0.05, 0) is 61.5 Å². The van der Waals surface area contributed by atoms with E-state index in [1.165, 1.54) is 0 Å². The Morgan fingerprint density at radius 1 is 0.903 bits per heavy atom. The monoisotopic (exact) mass is 457 g/mol. The fourth-order valence-corrected chi connectivity index (χ4v) is 3.15. The summed E-state index contributed by atoms with van der Waals surface area (Å²) in [4.78, 5) is 25.0. The van der Waals surface area contributed by atoms with Gasteiger partial charge in [-0.2, -0.15) is 0 Å². The minimum atomic E-state index is -0.552. The Kier molecular flexibility index (Phi) is 7.39. The first-order chi connectivity index (χ1) is 14.9. The second kappa shape index (κ2) is 10.2. The largest absolute Gasteiger partial charge is 0.495 e. The topological polar surface area (TPSA) is 79.5 Å². The van der Waals surface area contributed by atoms with Crippen molar-refractivity contribution in [3.8, 4) is 5.75 Å². The van der Waals surface area contributed by atoms with Gasteiger partial charge in [0.2, 0.25) is 5.91 Å². The van der Waals surface area contributed by atoms with Gasteiger partial charge in [0.15, 0.2) is 0 Å². The predicted molar refractivity (Wildman–Crippen MR) is 126 cm³/mol. The number of nitrogens with one attached hydrogen (secondary N) is 3. The summed E-state index contributed by atoms with van der Waals surface area (Å²) < 4.78 is 5.25. The Morgan fingerprint density at radius 2 is 1.61 bits per heavy atom. The maximum absolute atomic E-state index is 12.5. The number of carbonyl (C=O) groups excluding carboxylic acids is 2. The third-order valence-corrected chi connectivity index (χ3v) is 5.03. The van der Waals surface area contributed by atoms with Crippen molar-refractivity contribution in [3.63, 3.8) is 0 Å². The number of hydrogen-bond acceptors (Lipinski definition) is 4. The zero-order chi connectivity index (χ0) is 22.4. The molecule has 1 atom stereocenters. The molecule has 160 valence electrons. The molecule has 1 unspecified atom stereocenters. The van der Waals surface area contributed by atoms with Crippen LogP contribution in [0.5, 0.6) is 5.75 Å². The van der Waals surface area contributed by atoms with Crippen LogP contribution in [0.2, 0.25) is 10.0 Å². The van der Waals surface area contributed by atoms with Crippen LogP contribution in [0, 0.1) is 0 Å². The second-order valence-corrected chi connectivity index (χ2v) is 7.55. The molecular weight excluding hydrogens is 437 g/mol. The highest BCUT2D eigenvalue weighted by molar-refractivity contribution is 6.35. The van der Waals surface area contributed by atoms with Crippen molar-refractivity contribution < 1.29 is 14.3 Å². The van der Waals surface area contributed by atoms with Crippen LogP contribution in [-0.4, -0.2) is 25.0 Å². The highest BCUT2D eigenvalue weighted by atomic mass is 35.5. The van der Waals surface area contributed by atoms with Gasteiger partial charge in [0.1, 0.15) is 11.8 Å². The first kappa shape index (κ1) is 22.5. The predicted octanol–water partition coefficient (Wildman–Crippen LogP) is 5.69. The molecule has 6 nitrogen and oxygen atoms in total. The Balaban J connectivity index is 1.61. The summed E-state index contributed by atoms with van der Waals surface area (Å²) >= 11 is 12.0. The summed E-state index contributed by atoms with van der Waals surface area (Å²) in [5.74, 6) is 0.0355. The normalized spacial score (nSPS) is 11.4. The summed E-state index contributed by atoms with van der Waals surface area (Å²) in [6, 6.07) is 18.3. The number of anilines is 3. The lowest BCUT2D eigenvalue weighted by atomic mass is 10.1. The molecular formula is C23H21Cl2N3O3. The van der Waals surface area contributed by atoms with E-state index in [4.69, 9.17) is 27.9 Å². The highest BCUT2D eigenvalue weighted by Gasteiger charge is 2.15. The van der Waals surface area contributed by atoms with Crippen LogP contribution in [0.15, 0.2) is 66.7 Å². The van der Waals surface area contributed by atoms with Crippen molar-refractivity contribution in [1.82, 2.24) is 0 Å². The van der Waals surface area contributed by atoms with E-state index in [1.807, 2.05) is 12.1 Å². The van der Waals surface area contributed by atoms with E-state index in [0.717, 1.165) is 0 Å². The lowest BCUT2D eigenvalue weighted by molar-refractivity contribution is -0.116. The van der Waals surface area contributed by atoms with Gasteiger partial charge in [0.25, 0.3) is 5.91 Å². The summed E-state index contributed by atoms with van der Waals surface area (Å²) in [6.07, 6.45) is 0. The molecule has 0 fully saturated rings. The van der Waals surface area contributed by atoms with E-state index < -0.39 is 6.04 Å². The molecule has 3 N–H and O–H groups in total. The summed E-state index contributed by atoms with van der Waals surface area (Å²) in [7, 11) is 1.54. The minimum absolute atomic E-state index is 0.266. The fourth-order valence-electron chi connectivity index (χ4n) is 2.81. The molecule has 0 heterocycles. The van der Waals surface area contributed by atoms with Crippen LogP contribution in [-0.2, 0) is 4.79 Å². The Morgan fingerprint density at radius 3 is 2.32 bits per heavy atom. The molecule has 31 heavy (non-hydrogen) atoms. The second-order valence-electron chi connectivity index (χ2n) is 6.71. The van der Waals surface area contributed by atoms with Crippen molar-refractivity contribution in [2.75, 3.05) is 23.1 Å². The van der Waals surface area contributed by atoms with Gasteiger partial charge in [0, 0.05) is 16.3 Å². The molecule has 0 aliphatic rings. The van der Waals surface area contributed by atoms with E-state index in [2.05, 4.69) is 16.0 Å². The molecule has 0 aromatic heterocycles. The quantitative estimate of drug-likeness (QED) is 0.425. The van der Waals surface area contributed by atoms with E-state index >= 15 is 0 Å². The average Bonchev–Trinajstić information content (AvgIpc) is 2.77. The Hall–Kier alpha value is -3.22. The number of ether oxygens (including phenoxy) is 1. The van der Waals surface area contributed by atoms with Crippen molar-refractivity contribution in [2.24, 2.45) is 0 Å². The van der Waals surface area contributed by atoms with E-state index in [9.17, 15) is 9.59 Å². The smallest absolute Gasteiger partial charge is 0.255 e. The molecule has 3 aromatic carbocycles. The first-order valence-corrected chi connectivity index (χ1v) is 10.2. The third-order valence-electron chi connectivity index (χ3n) is 4.46. The number of rotatable bonds is 7. The minimum Gasteiger partial charge on any atom is -0.495 e. The number of hydrogen-bond donors (Lipinski definition) is 3. The zero-order valence-electron chi connectivity index (χ0n) is 16.9. The van der Waals surface area contributed by atoms with Gasteiger partial charge in [-0.25, -0.2) is 0 Å². The molecule has 2 amide bonds. The van der Waals surface area contributed by atoms with Gasteiger partial charge in [-0.3, -0.25) is 9.59 Å². The van der Waals surface area contributed by atoms with Crippen LogP contribution < -0.4 is 20.7 Å². The third kappa shape index (κ3) is 5.90. The molecule has 0 saturated carbocycles. The van der Waals surface area contributed by atoms with Crippen molar-refractivity contribution >= 4 is 52.1 Å². The van der Waals surface area contributed by atoms with E-state index in [1.54, 1.807) is 68.6 Å². The van der Waals surface area contributed by atoms with Crippen LogP contribution in [0.3, 0.4) is 0 Å². The molecule has 3 aromatic rings. The number of carbonyl (C=O) groups is 2. The Labute approximate surface area is 190 Å². The Bertz CT molecular complexity index is 1090. The summed E-state index contributed by atoms with van der Waals surface area (Å²) in [5.41, 5.74) is 2.19. The molecule has 3 rings (SSSR count). The van der Waals surface area contributed by atoms with Crippen LogP contribution in [0.4, 0.5) is 17.1 Å². The lowest BCUT2D eigenvalue weighted by Gasteiger charge is -2.16. The molecule has 0 aliphatic heterocycles. The van der Waals surface area contributed by atoms with Crippen molar-refractivity contribution in [3.05, 3.63) is 82.3 Å². The molecule has 8 heteroatoms. The maximum atomic E-state index is 12.5. The lowest BCUT2D eigenvalue weighted by Crippen LogP contribution is -2.32. The number of amides is 2. The van der Waals surface area contributed by atoms with Crippen molar-refractivity contribution in [1.29, 1.82) is 0 Å². The zero-order valence-corrected chi connectivity index (χ0v) is 18.4. The van der Waals surface area contributed by atoms with Crippen LogP contribution >= 0.6 is 23.2 Å². The van der Waals surface area contributed by atoms with Gasteiger partial charge in [-0.1, -0.05) is 35.3 Å². The van der Waals surface area contributed by atoms with E-state index in [0.29, 0.717) is 38.4 Å². The van der Waals surface area contributed by atoms with Gasteiger partial charge < -0.3 is 20.7 Å². The average molecular weight is 458 g/mol. The summed E-state index contributed by atoms with van der Waals surface area (Å²) in [6.45, 7) is 1.72. The SMILES string of the molecule is COc1ccccc1NC(=O)c1ccc(NC(C)C(=O)Nc2cc(Cl)ccc2Cl)cc1.